The fraction of sp³-hybridized carbons (Fsp3) is 0.444. The Bertz CT molecular complexity index is 1180. The number of hydrogen-bond acceptors (Lipinski definition) is 5. The zero-order valence-corrected chi connectivity index (χ0v) is 25.0. The van der Waals surface area contributed by atoms with Crippen molar-refractivity contribution < 1.29 is 23.8 Å². The summed E-state index contributed by atoms with van der Waals surface area (Å²) in [6.45, 7) is 6.49. The van der Waals surface area contributed by atoms with Crippen LogP contribution in [0.3, 0.4) is 0 Å². The van der Waals surface area contributed by atoms with Crippen LogP contribution < -0.4 is 14.2 Å². The third-order valence-corrected chi connectivity index (χ3v) is 7.11. The highest BCUT2D eigenvalue weighted by atomic mass is 16.5. The molecule has 0 aromatic heterocycles. The van der Waals surface area contributed by atoms with Gasteiger partial charge in [-0.2, -0.15) is 0 Å². The lowest BCUT2D eigenvalue weighted by Crippen LogP contribution is -2.12. The second-order valence-electron chi connectivity index (χ2n) is 10.7. The van der Waals surface area contributed by atoms with Gasteiger partial charge in [0.25, 0.3) is 0 Å². The van der Waals surface area contributed by atoms with Crippen molar-refractivity contribution in [2.75, 3.05) is 0 Å². The highest BCUT2D eigenvalue weighted by Gasteiger charge is 2.16. The molecular formula is C36H46O5. The first-order valence-electron chi connectivity index (χ1n) is 15.4. The van der Waals surface area contributed by atoms with E-state index in [0.717, 1.165) is 49.0 Å². The Morgan fingerprint density at radius 2 is 1.20 bits per heavy atom. The molecule has 3 aromatic rings. The quantitative estimate of drug-likeness (QED) is 0.0883. The van der Waals surface area contributed by atoms with Gasteiger partial charge in [0.2, 0.25) is 0 Å². The van der Waals surface area contributed by atoms with Crippen LogP contribution in [0.1, 0.15) is 108 Å². The molecule has 3 rings (SSSR count). The van der Waals surface area contributed by atoms with Crippen molar-refractivity contribution in [1.29, 1.82) is 0 Å². The number of unbranched alkanes of at least 4 members (excludes halogenated alkanes) is 8. The maximum absolute atomic E-state index is 13.1. The van der Waals surface area contributed by atoms with E-state index in [2.05, 4.69) is 20.8 Å². The van der Waals surface area contributed by atoms with Gasteiger partial charge < -0.3 is 14.2 Å². The van der Waals surface area contributed by atoms with Crippen LogP contribution in [0.25, 0.3) is 11.1 Å². The van der Waals surface area contributed by atoms with Gasteiger partial charge in [0.05, 0.1) is 11.7 Å². The Balaban J connectivity index is 1.53. The molecule has 5 nitrogen and oxygen atoms in total. The molecule has 0 spiro atoms. The van der Waals surface area contributed by atoms with Gasteiger partial charge in [0, 0.05) is 6.42 Å². The molecule has 41 heavy (non-hydrogen) atoms. The first-order chi connectivity index (χ1) is 20.0. The minimum atomic E-state index is -0.437. The van der Waals surface area contributed by atoms with Gasteiger partial charge in [-0.25, -0.2) is 4.79 Å². The highest BCUT2D eigenvalue weighted by molar-refractivity contribution is 5.98. The van der Waals surface area contributed by atoms with Crippen LogP contribution in [-0.2, 0) is 4.79 Å². The third-order valence-electron chi connectivity index (χ3n) is 7.11. The van der Waals surface area contributed by atoms with Gasteiger partial charge in [-0.1, -0.05) is 95.5 Å². The Hall–Kier alpha value is -3.60. The van der Waals surface area contributed by atoms with Gasteiger partial charge in [-0.05, 0) is 79.8 Å². The van der Waals surface area contributed by atoms with Crippen LogP contribution in [0.5, 0.6) is 17.2 Å². The standard InChI is InChI=1S/C36H46O5/c1-4-6-8-10-11-13-19-35(37)40-31-22-20-29(21-23-31)33-17-14-15-18-34(33)36(38)41-32-26-24-30(25-27-32)39-28(3)16-12-9-7-5-2/h14-15,17-18,20-28H,4-13,16,19H2,1-3H3. The van der Waals surface area contributed by atoms with Crippen molar-refractivity contribution in [2.24, 2.45) is 0 Å². The van der Waals surface area contributed by atoms with Crippen molar-refractivity contribution in [3.63, 3.8) is 0 Å². The minimum absolute atomic E-state index is 0.141. The van der Waals surface area contributed by atoms with Gasteiger partial charge >= 0.3 is 11.9 Å². The summed E-state index contributed by atoms with van der Waals surface area (Å²) in [6.07, 6.45) is 13.2. The summed E-state index contributed by atoms with van der Waals surface area (Å²) in [7, 11) is 0. The largest absolute Gasteiger partial charge is 0.491 e. The molecule has 1 unspecified atom stereocenters. The molecule has 0 aliphatic carbocycles. The molecule has 1 atom stereocenters. The van der Waals surface area contributed by atoms with Crippen LogP contribution in [-0.4, -0.2) is 18.0 Å². The molecule has 0 saturated heterocycles. The summed E-state index contributed by atoms with van der Waals surface area (Å²) < 4.78 is 17.2. The monoisotopic (exact) mass is 558 g/mol. The molecule has 0 saturated carbocycles. The van der Waals surface area contributed by atoms with E-state index in [1.54, 1.807) is 30.3 Å². The zero-order chi connectivity index (χ0) is 29.3. The van der Waals surface area contributed by atoms with E-state index in [-0.39, 0.29) is 12.1 Å². The van der Waals surface area contributed by atoms with Crippen LogP contribution in [0.4, 0.5) is 0 Å². The second-order valence-corrected chi connectivity index (χ2v) is 10.7. The number of ether oxygens (including phenoxy) is 3. The van der Waals surface area contributed by atoms with Crippen molar-refractivity contribution in [3.8, 4) is 28.4 Å². The lowest BCUT2D eigenvalue weighted by Gasteiger charge is -2.15. The van der Waals surface area contributed by atoms with Crippen molar-refractivity contribution in [1.82, 2.24) is 0 Å². The summed E-state index contributed by atoms with van der Waals surface area (Å²) in [5.41, 5.74) is 2.05. The molecule has 0 aliphatic heterocycles. The summed E-state index contributed by atoms with van der Waals surface area (Å²) >= 11 is 0. The first kappa shape index (κ1) is 31.9. The zero-order valence-electron chi connectivity index (χ0n) is 25.0. The molecule has 0 fully saturated rings. The minimum Gasteiger partial charge on any atom is -0.491 e. The number of esters is 2. The number of hydrogen-bond donors (Lipinski definition) is 0. The van der Waals surface area contributed by atoms with E-state index in [1.807, 2.05) is 42.5 Å². The fourth-order valence-electron chi connectivity index (χ4n) is 4.75. The summed E-state index contributed by atoms with van der Waals surface area (Å²) in [6, 6.07) is 21.8. The predicted molar refractivity (Wildman–Crippen MR) is 166 cm³/mol. The second kappa shape index (κ2) is 18.0. The molecule has 0 bridgehead atoms. The maximum atomic E-state index is 13.1. The number of carbonyl (C=O) groups excluding carboxylic acids is 2. The highest BCUT2D eigenvalue weighted by Crippen LogP contribution is 2.28. The molecule has 0 heterocycles. The molecule has 5 heteroatoms. The Morgan fingerprint density at radius 3 is 1.90 bits per heavy atom. The maximum Gasteiger partial charge on any atom is 0.344 e. The topological polar surface area (TPSA) is 61.8 Å². The Labute approximate surface area is 246 Å². The molecule has 3 aromatic carbocycles. The number of carbonyl (C=O) groups is 2. The predicted octanol–water partition coefficient (Wildman–Crippen LogP) is 9.97. The lowest BCUT2D eigenvalue weighted by atomic mass is 9.99. The molecule has 0 N–H and O–H groups in total. The van der Waals surface area contributed by atoms with Gasteiger partial charge in [-0.15, -0.1) is 0 Å². The number of benzene rings is 3. The third kappa shape index (κ3) is 11.4. The van der Waals surface area contributed by atoms with Gasteiger partial charge in [0.1, 0.15) is 17.2 Å². The first-order valence-corrected chi connectivity index (χ1v) is 15.4. The average Bonchev–Trinajstić information content (AvgIpc) is 2.98. The van der Waals surface area contributed by atoms with Crippen LogP contribution in [0.2, 0.25) is 0 Å². The smallest absolute Gasteiger partial charge is 0.344 e. The summed E-state index contributed by atoms with van der Waals surface area (Å²) in [5.74, 6) is 1.08. The van der Waals surface area contributed by atoms with E-state index in [4.69, 9.17) is 14.2 Å². The molecule has 0 aliphatic rings. The van der Waals surface area contributed by atoms with E-state index in [1.165, 1.54) is 38.5 Å². The van der Waals surface area contributed by atoms with Crippen molar-refractivity contribution in [2.45, 2.75) is 104 Å². The van der Waals surface area contributed by atoms with Crippen molar-refractivity contribution >= 4 is 11.9 Å². The van der Waals surface area contributed by atoms with E-state index in [0.29, 0.717) is 23.5 Å². The number of rotatable bonds is 18. The van der Waals surface area contributed by atoms with Gasteiger partial charge in [0.15, 0.2) is 0 Å². The molecular weight excluding hydrogens is 512 g/mol. The van der Waals surface area contributed by atoms with Crippen LogP contribution >= 0.6 is 0 Å². The Morgan fingerprint density at radius 1 is 0.634 bits per heavy atom. The summed E-state index contributed by atoms with van der Waals surface area (Å²) in [4.78, 5) is 25.3. The molecule has 0 amide bonds. The lowest BCUT2D eigenvalue weighted by molar-refractivity contribution is -0.134. The SMILES string of the molecule is CCCCCCCCC(=O)Oc1ccc(-c2ccccc2C(=O)Oc2ccc(OC(C)CCCCCC)cc2)cc1. The summed E-state index contributed by atoms with van der Waals surface area (Å²) in [5, 5.41) is 0. The molecule has 0 radical (unpaired) electrons. The van der Waals surface area contributed by atoms with E-state index < -0.39 is 5.97 Å². The van der Waals surface area contributed by atoms with Crippen LogP contribution in [0.15, 0.2) is 72.8 Å². The average molecular weight is 559 g/mol. The van der Waals surface area contributed by atoms with E-state index in [9.17, 15) is 9.59 Å². The van der Waals surface area contributed by atoms with E-state index >= 15 is 0 Å². The van der Waals surface area contributed by atoms with Crippen LogP contribution in [0, 0.1) is 0 Å². The normalized spacial score (nSPS) is 11.6. The van der Waals surface area contributed by atoms with Crippen molar-refractivity contribution in [3.05, 3.63) is 78.4 Å². The van der Waals surface area contributed by atoms with Gasteiger partial charge in [-0.3, -0.25) is 4.79 Å². The fourth-order valence-corrected chi connectivity index (χ4v) is 4.75. The molecule has 220 valence electrons. The Kier molecular flexibility index (Phi) is 14.0.